The first-order valence-corrected chi connectivity index (χ1v) is 12.2. The summed E-state index contributed by atoms with van der Waals surface area (Å²) in [5.74, 6) is 0.357. The van der Waals surface area contributed by atoms with Gasteiger partial charge < -0.3 is 10.2 Å². The molecule has 1 saturated carbocycles. The number of rotatable bonds is 8. The molecule has 1 aliphatic rings. The Bertz CT molecular complexity index is 617. The van der Waals surface area contributed by atoms with E-state index in [2.05, 4.69) is 17.9 Å². The molecule has 0 aliphatic heterocycles. The molecule has 3 nitrogen and oxygen atoms in total. The maximum atomic E-state index is 12.5. The maximum Gasteiger partial charge on any atom is 0.200 e. The van der Waals surface area contributed by atoms with E-state index in [4.69, 9.17) is 23.2 Å². The van der Waals surface area contributed by atoms with Gasteiger partial charge in [-0.25, -0.2) is 0 Å². The molecular weight excluding hydrogens is 396 g/mol. The fourth-order valence-corrected chi connectivity index (χ4v) is 6.23. The van der Waals surface area contributed by atoms with E-state index in [1.54, 1.807) is 6.07 Å². The first-order valence-electron chi connectivity index (χ1n) is 8.94. The van der Waals surface area contributed by atoms with Crippen LogP contribution < -0.4 is 5.32 Å². The first kappa shape index (κ1) is 21.6. The summed E-state index contributed by atoms with van der Waals surface area (Å²) in [6, 6.07) is 5.71. The smallest absolute Gasteiger partial charge is 0.200 e. The van der Waals surface area contributed by atoms with Gasteiger partial charge in [0.1, 0.15) is 0 Å². The Morgan fingerprint density at radius 1 is 1.36 bits per heavy atom. The standard InChI is InChI=1S/C18H28Cl2NO2PS/c1-13(15-6-7-17(19)18(20)11-15)21-8-3-9-24(22,23)12-14-4-2-5-16(25)10-14/h6-7,11,13-14,16,21,25H,2-5,8-10,12H2,1H3,(H,22,23)/t13-,14?,16?/m0/s1. The third-order valence-corrected chi connectivity index (χ3v) is 8.19. The molecule has 0 spiro atoms. The minimum atomic E-state index is -3.05. The fraction of sp³-hybridized carbons (Fsp3) is 0.667. The van der Waals surface area contributed by atoms with Gasteiger partial charge in [-0.1, -0.05) is 35.7 Å². The van der Waals surface area contributed by atoms with E-state index >= 15 is 0 Å². The predicted molar refractivity (Wildman–Crippen MR) is 112 cm³/mol. The topological polar surface area (TPSA) is 49.3 Å². The zero-order chi connectivity index (χ0) is 18.4. The second kappa shape index (κ2) is 10.0. The van der Waals surface area contributed by atoms with Crippen molar-refractivity contribution in [3.8, 4) is 0 Å². The summed E-state index contributed by atoms with van der Waals surface area (Å²) in [7, 11) is -3.05. The molecule has 2 rings (SSSR count). The lowest BCUT2D eigenvalue weighted by molar-refractivity contribution is 0.380. The lowest BCUT2D eigenvalue weighted by Gasteiger charge is -2.27. The van der Waals surface area contributed by atoms with Crippen molar-refractivity contribution >= 4 is 43.2 Å². The van der Waals surface area contributed by atoms with Crippen molar-refractivity contribution in [2.45, 2.75) is 50.3 Å². The van der Waals surface area contributed by atoms with Gasteiger partial charge in [-0.3, -0.25) is 4.57 Å². The van der Waals surface area contributed by atoms with Crippen LogP contribution in [-0.2, 0) is 4.57 Å². The fourth-order valence-electron chi connectivity index (χ4n) is 3.47. The van der Waals surface area contributed by atoms with Gasteiger partial charge in [-0.2, -0.15) is 12.6 Å². The van der Waals surface area contributed by atoms with Gasteiger partial charge >= 0.3 is 0 Å². The van der Waals surface area contributed by atoms with Gasteiger partial charge in [0.05, 0.1) is 10.0 Å². The second-order valence-corrected chi connectivity index (χ2v) is 11.2. The zero-order valence-corrected chi connectivity index (χ0v) is 17.9. The van der Waals surface area contributed by atoms with E-state index in [9.17, 15) is 9.46 Å². The second-order valence-electron chi connectivity index (χ2n) is 7.14. The average molecular weight is 424 g/mol. The summed E-state index contributed by atoms with van der Waals surface area (Å²) in [5.41, 5.74) is 1.06. The van der Waals surface area contributed by atoms with Gasteiger partial charge in [0.2, 0.25) is 7.37 Å². The maximum absolute atomic E-state index is 12.5. The Balaban J connectivity index is 1.72. The molecule has 0 aromatic heterocycles. The largest absolute Gasteiger partial charge is 0.344 e. The van der Waals surface area contributed by atoms with Crippen LogP contribution in [0.5, 0.6) is 0 Å². The van der Waals surface area contributed by atoms with Crippen LogP contribution in [0.3, 0.4) is 0 Å². The molecule has 3 unspecified atom stereocenters. The lowest BCUT2D eigenvalue weighted by atomic mass is 9.90. The van der Waals surface area contributed by atoms with Crippen LogP contribution in [-0.4, -0.2) is 29.0 Å². The molecule has 0 heterocycles. The zero-order valence-electron chi connectivity index (χ0n) is 14.6. The highest BCUT2D eigenvalue weighted by atomic mass is 35.5. The van der Waals surface area contributed by atoms with Crippen molar-refractivity contribution in [2.75, 3.05) is 18.9 Å². The number of hydrogen-bond acceptors (Lipinski definition) is 3. The summed E-state index contributed by atoms with van der Waals surface area (Å²) < 4.78 is 12.5. The van der Waals surface area contributed by atoms with E-state index in [1.807, 2.05) is 19.1 Å². The highest BCUT2D eigenvalue weighted by molar-refractivity contribution is 7.80. The Kier molecular flexibility index (Phi) is 8.65. The minimum Gasteiger partial charge on any atom is -0.344 e. The van der Waals surface area contributed by atoms with Crippen LogP contribution in [0.15, 0.2) is 18.2 Å². The molecule has 0 saturated heterocycles. The number of thiol groups is 1. The van der Waals surface area contributed by atoms with Gasteiger partial charge in [0.25, 0.3) is 0 Å². The van der Waals surface area contributed by atoms with Crippen molar-refractivity contribution < 1.29 is 9.46 Å². The Morgan fingerprint density at radius 2 is 2.12 bits per heavy atom. The first-order chi connectivity index (χ1) is 11.8. The van der Waals surface area contributed by atoms with E-state index in [1.165, 1.54) is 0 Å². The molecule has 1 aromatic rings. The van der Waals surface area contributed by atoms with E-state index in [0.29, 0.717) is 46.5 Å². The molecule has 25 heavy (non-hydrogen) atoms. The highest BCUT2D eigenvalue weighted by Gasteiger charge is 2.27. The van der Waals surface area contributed by atoms with Gasteiger partial charge in [-0.05, 0) is 62.8 Å². The number of hydrogen-bond donors (Lipinski definition) is 3. The molecule has 142 valence electrons. The van der Waals surface area contributed by atoms with Crippen LogP contribution in [0.25, 0.3) is 0 Å². The monoisotopic (exact) mass is 423 g/mol. The predicted octanol–water partition coefficient (Wildman–Crippen LogP) is 5.79. The molecule has 1 fully saturated rings. The molecule has 1 aromatic carbocycles. The Hall–Kier alpha value is 0.300. The number of nitrogens with one attached hydrogen (secondary N) is 1. The van der Waals surface area contributed by atoms with Crippen LogP contribution in [0.2, 0.25) is 10.0 Å². The summed E-state index contributed by atoms with van der Waals surface area (Å²) in [6.07, 6.45) is 5.81. The average Bonchev–Trinajstić information content (AvgIpc) is 2.53. The Morgan fingerprint density at radius 3 is 2.80 bits per heavy atom. The summed E-state index contributed by atoms with van der Waals surface area (Å²) in [4.78, 5) is 10.3. The molecular formula is C18H28Cl2NO2PS. The number of benzene rings is 1. The highest BCUT2D eigenvalue weighted by Crippen LogP contribution is 2.46. The molecule has 4 atom stereocenters. The van der Waals surface area contributed by atoms with Crippen molar-refractivity contribution in [3.63, 3.8) is 0 Å². The van der Waals surface area contributed by atoms with Crippen molar-refractivity contribution in [2.24, 2.45) is 5.92 Å². The Labute approximate surface area is 166 Å². The van der Waals surface area contributed by atoms with Gasteiger partial charge in [0.15, 0.2) is 0 Å². The van der Waals surface area contributed by atoms with Crippen LogP contribution >= 0.6 is 43.2 Å². The lowest BCUT2D eigenvalue weighted by Crippen LogP contribution is -2.22. The summed E-state index contributed by atoms with van der Waals surface area (Å²) >= 11 is 16.5. The molecule has 0 amide bonds. The van der Waals surface area contributed by atoms with E-state index < -0.39 is 7.37 Å². The SMILES string of the molecule is C[C@H](NCCCP(=O)(O)CC1CCCC(S)C1)c1ccc(Cl)c(Cl)c1. The van der Waals surface area contributed by atoms with Crippen molar-refractivity contribution in [1.29, 1.82) is 0 Å². The molecule has 2 N–H and O–H groups in total. The molecule has 1 aliphatic carbocycles. The van der Waals surface area contributed by atoms with E-state index in [-0.39, 0.29) is 6.04 Å². The third kappa shape index (κ3) is 7.44. The molecule has 0 radical (unpaired) electrons. The third-order valence-electron chi connectivity index (χ3n) is 4.88. The molecule has 0 bridgehead atoms. The van der Waals surface area contributed by atoms with Crippen molar-refractivity contribution in [1.82, 2.24) is 5.32 Å². The number of halogens is 2. The van der Waals surface area contributed by atoms with Crippen LogP contribution in [0, 0.1) is 5.92 Å². The summed E-state index contributed by atoms with van der Waals surface area (Å²) in [6.45, 7) is 2.75. The van der Waals surface area contributed by atoms with Crippen LogP contribution in [0.4, 0.5) is 0 Å². The van der Waals surface area contributed by atoms with Gasteiger partial charge in [-0.15, -0.1) is 0 Å². The van der Waals surface area contributed by atoms with Gasteiger partial charge in [0, 0.05) is 23.6 Å². The van der Waals surface area contributed by atoms with Crippen LogP contribution in [0.1, 0.15) is 50.6 Å². The van der Waals surface area contributed by atoms with E-state index in [0.717, 1.165) is 31.2 Å². The quantitative estimate of drug-likeness (QED) is 0.281. The molecule has 7 heteroatoms. The normalized spacial score (nSPS) is 24.7. The van der Waals surface area contributed by atoms with Crippen molar-refractivity contribution in [3.05, 3.63) is 33.8 Å². The summed E-state index contributed by atoms with van der Waals surface area (Å²) in [5, 5.41) is 4.87. The minimum absolute atomic E-state index is 0.121.